The van der Waals surface area contributed by atoms with Crippen LogP contribution in [0.5, 0.6) is 5.75 Å². The molecule has 0 radical (unpaired) electrons. The molecule has 0 aliphatic heterocycles. The average Bonchev–Trinajstić information content (AvgIpc) is 2.62. The summed E-state index contributed by atoms with van der Waals surface area (Å²) in [4.78, 5) is 12.7. The second kappa shape index (κ2) is 7.63. The summed E-state index contributed by atoms with van der Waals surface area (Å²) < 4.78 is 5.75. The van der Waals surface area contributed by atoms with Crippen LogP contribution in [0.2, 0.25) is 0 Å². The van der Waals surface area contributed by atoms with Crippen molar-refractivity contribution in [1.29, 1.82) is 0 Å². The molecule has 0 bridgehead atoms. The number of carbonyl (C=O) groups is 1. The molecule has 0 saturated heterocycles. The van der Waals surface area contributed by atoms with Gasteiger partial charge in [0.05, 0.1) is 5.56 Å². The van der Waals surface area contributed by atoms with Crippen LogP contribution in [-0.2, 0) is 0 Å². The van der Waals surface area contributed by atoms with Crippen LogP contribution in [0.1, 0.15) is 27.0 Å². The number of aryl methyl sites for hydroxylation is 1. The van der Waals surface area contributed by atoms with Gasteiger partial charge in [-0.3, -0.25) is 0 Å². The normalized spacial score (nSPS) is 11.0. The molecule has 3 heteroatoms. The number of ether oxygens (including phenoxy) is 1. The Morgan fingerprint density at radius 3 is 2.24 bits per heavy atom. The largest absolute Gasteiger partial charge is 0.422 e. The van der Waals surface area contributed by atoms with E-state index in [9.17, 15) is 4.79 Å². The van der Waals surface area contributed by atoms with E-state index < -0.39 is 0 Å². The highest BCUT2D eigenvalue weighted by atomic mass is 31.1. The van der Waals surface area contributed by atoms with Gasteiger partial charge in [-0.15, -0.1) is 0 Å². The van der Waals surface area contributed by atoms with Crippen LogP contribution in [-0.4, -0.2) is 5.97 Å². The molecule has 0 fully saturated rings. The van der Waals surface area contributed by atoms with Crippen molar-refractivity contribution in [3.63, 3.8) is 0 Å². The number of rotatable bonds is 4. The number of para-hydroxylation sites is 1. The third-order valence-electron chi connectivity index (χ3n) is 4.42. The number of hydrogen-bond donors (Lipinski definition) is 0. The number of carbonyl (C=O) groups excluding carboxylic acids is 1. The Kier molecular flexibility index (Phi) is 5.31. The summed E-state index contributed by atoms with van der Waals surface area (Å²) in [6.07, 6.45) is 0. The molecule has 3 aromatic rings. The van der Waals surface area contributed by atoms with Crippen molar-refractivity contribution in [2.24, 2.45) is 0 Å². The van der Waals surface area contributed by atoms with E-state index in [1.807, 2.05) is 75.4 Å². The van der Waals surface area contributed by atoms with E-state index in [2.05, 4.69) is 12.1 Å². The Bertz CT molecular complexity index is 901. The maximum absolute atomic E-state index is 12.7. The predicted octanol–water partition coefficient (Wildman–Crippen LogP) is 4.46. The quantitative estimate of drug-likeness (QED) is 0.395. The zero-order valence-corrected chi connectivity index (χ0v) is 15.7. The van der Waals surface area contributed by atoms with E-state index in [0.717, 1.165) is 16.4 Å². The second-order valence-corrected chi connectivity index (χ2v) is 7.42. The zero-order valence-electron chi connectivity index (χ0n) is 14.7. The molecule has 0 saturated carbocycles. The summed E-state index contributed by atoms with van der Waals surface area (Å²) in [7, 11) is 0.448. The van der Waals surface area contributed by atoms with Gasteiger partial charge in [0.2, 0.25) is 0 Å². The lowest BCUT2D eigenvalue weighted by atomic mass is 9.99. The van der Waals surface area contributed by atoms with Crippen molar-refractivity contribution in [1.82, 2.24) is 0 Å². The van der Waals surface area contributed by atoms with Crippen LogP contribution in [0, 0.1) is 20.8 Å². The molecule has 0 aliphatic carbocycles. The van der Waals surface area contributed by atoms with Gasteiger partial charge >= 0.3 is 5.97 Å². The van der Waals surface area contributed by atoms with Gasteiger partial charge in [-0.05, 0) is 54.9 Å². The lowest BCUT2D eigenvalue weighted by Gasteiger charge is -2.13. The van der Waals surface area contributed by atoms with Crippen LogP contribution < -0.4 is 15.3 Å². The molecule has 0 aliphatic rings. The van der Waals surface area contributed by atoms with Gasteiger partial charge in [-0.1, -0.05) is 63.2 Å². The Labute approximate surface area is 150 Å². The number of hydrogen-bond acceptors (Lipinski definition) is 2. The molecule has 0 heterocycles. The Morgan fingerprint density at radius 2 is 1.48 bits per heavy atom. The maximum atomic E-state index is 12.7. The third-order valence-corrected chi connectivity index (χ3v) is 5.72. The predicted molar refractivity (Wildman–Crippen MR) is 106 cm³/mol. The molecule has 3 aromatic carbocycles. The van der Waals surface area contributed by atoms with Gasteiger partial charge in [0.15, 0.2) is 0 Å². The summed E-state index contributed by atoms with van der Waals surface area (Å²) in [6.45, 7) is 6.05. The topological polar surface area (TPSA) is 26.3 Å². The lowest BCUT2D eigenvalue weighted by Crippen LogP contribution is -2.16. The van der Waals surface area contributed by atoms with Gasteiger partial charge in [-0.2, -0.15) is 0 Å². The minimum atomic E-state index is -0.300. The van der Waals surface area contributed by atoms with E-state index in [-0.39, 0.29) is 5.97 Å². The highest BCUT2D eigenvalue weighted by Gasteiger charge is 2.15. The Hall–Kier alpha value is -2.44. The first kappa shape index (κ1) is 17.4. The van der Waals surface area contributed by atoms with Gasteiger partial charge < -0.3 is 4.74 Å². The smallest absolute Gasteiger partial charge is 0.343 e. The summed E-state index contributed by atoms with van der Waals surface area (Å²) >= 11 is 0. The van der Waals surface area contributed by atoms with Crippen molar-refractivity contribution >= 4 is 25.2 Å². The fourth-order valence-corrected chi connectivity index (χ4v) is 3.78. The molecule has 3 rings (SSSR count). The summed E-state index contributed by atoms with van der Waals surface area (Å²) in [6, 6.07) is 21.8. The van der Waals surface area contributed by atoms with Crippen molar-refractivity contribution in [3.05, 3.63) is 89.0 Å². The first-order valence-electron chi connectivity index (χ1n) is 8.26. The van der Waals surface area contributed by atoms with E-state index in [0.29, 0.717) is 19.9 Å². The number of esters is 1. The molecule has 0 N–H and O–H groups in total. The minimum Gasteiger partial charge on any atom is -0.422 e. The van der Waals surface area contributed by atoms with Crippen molar-refractivity contribution in [3.8, 4) is 5.75 Å². The van der Waals surface area contributed by atoms with Crippen LogP contribution >= 0.6 is 8.58 Å². The van der Waals surface area contributed by atoms with Gasteiger partial charge in [-0.25, -0.2) is 4.79 Å². The standard InChI is InChI=1S/C22H21O2P/c1-15-13-14-19(17(3)16(15)2)22(23)24-20-11-7-8-12-21(20)25-18-9-5-4-6-10-18/h4-14,25H,1-3H3. The van der Waals surface area contributed by atoms with Gasteiger partial charge in [0.25, 0.3) is 0 Å². The third kappa shape index (κ3) is 3.97. The van der Waals surface area contributed by atoms with E-state index in [1.165, 1.54) is 10.9 Å². The first-order chi connectivity index (χ1) is 12.1. The van der Waals surface area contributed by atoms with Crippen molar-refractivity contribution in [2.75, 3.05) is 0 Å². The Balaban J connectivity index is 1.86. The average molecular weight is 348 g/mol. The molecular weight excluding hydrogens is 327 g/mol. The summed E-state index contributed by atoms with van der Waals surface area (Å²) in [5.74, 6) is 0.332. The molecule has 0 amide bonds. The molecule has 0 aromatic heterocycles. The van der Waals surface area contributed by atoms with E-state index in [4.69, 9.17) is 4.74 Å². The van der Waals surface area contributed by atoms with Crippen LogP contribution in [0.3, 0.4) is 0 Å². The number of benzene rings is 3. The van der Waals surface area contributed by atoms with Crippen molar-refractivity contribution in [2.45, 2.75) is 20.8 Å². The zero-order chi connectivity index (χ0) is 17.8. The highest BCUT2D eigenvalue weighted by molar-refractivity contribution is 7.55. The molecule has 1 unspecified atom stereocenters. The van der Waals surface area contributed by atoms with E-state index >= 15 is 0 Å². The highest BCUT2D eigenvalue weighted by Crippen LogP contribution is 2.22. The maximum Gasteiger partial charge on any atom is 0.343 e. The minimum absolute atomic E-state index is 0.300. The fraction of sp³-hybridized carbons (Fsp3) is 0.136. The van der Waals surface area contributed by atoms with Crippen molar-refractivity contribution < 1.29 is 9.53 Å². The summed E-state index contributed by atoms with van der Waals surface area (Å²) in [5, 5.41) is 2.25. The monoisotopic (exact) mass is 348 g/mol. The molecule has 25 heavy (non-hydrogen) atoms. The fourth-order valence-electron chi connectivity index (χ4n) is 2.67. The van der Waals surface area contributed by atoms with Gasteiger partial charge in [0, 0.05) is 5.30 Å². The molecular formula is C22H21O2P. The molecule has 2 nitrogen and oxygen atoms in total. The SMILES string of the molecule is Cc1ccc(C(=O)Oc2ccccc2Pc2ccccc2)c(C)c1C. The van der Waals surface area contributed by atoms with Crippen LogP contribution in [0.4, 0.5) is 0 Å². The molecule has 1 atom stereocenters. The molecule has 0 spiro atoms. The summed E-state index contributed by atoms with van der Waals surface area (Å²) in [5.41, 5.74) is 3.92. The van der Waals surface area contributed by atoms with Crippen LogP contribution in [0.15, 0.2) is 66.7 Å². The second-order valence-electron chi connectivity index (χ2n) is 6.06. The first-order valence-corrected chi connectivity index (χ1v) is 9.26. The van der Waals surface area contributed by atoms with E-state index in [1.54, 1.807) is 0 Å². The lowest BCUT2D eigenvalue weighted by molar-refractivity contribution is 0.0735. The molecule has 126 valence electrons. The van der Waals surface area contributed by atoms with Crippen LogP contribution in [0.25, 0.3) is 0 Å². The Morgan fingerprint density at radius 1 is 0.800 bits per heavy atom. The van der Waals surface area contributed by atoms with Gasteiger partial charge in [0.1, 0.15) is 5.75 Å².